The van der Waals surface area contributed by atoms with E-state index in [-0.39, 0.29) is 51.9 Å². The highest BCUT2D eigenvalue weighted by molar-refractivity contribution is 7.21. The predicted octanol–water partition coefficient (Wildman–Crippen LogP) is 17.6. The quantitative estimate of drug-likeness (QED) is 0.127. The molecule has 0 atom stereocenters. The van der Waals surface area contributed by atoms with Crippen LogP contribution in [0.4, 0.5) is 39.9 Å². The van der Waals surface area contributed by atoms with Crippen LogP contribution >= 0.6 is 0 Å². The average Bonchev–Trinajstić information content (AvgIpc) is 0.805. The maximum Gasteiger partial charge on any atom is 0.184 e. The van der Waals surface area contributed by atoms with Gasteiger partial charge >= 0.3 is 0 Å². The minimum absolute atomic E-state index is 0.121. The van der Waals surface area contributed by atoms with Crippen molar-refractivity contribution in [2.24, 2.45) is 0 Å². The van der Waals surface area contributed by atoms with Gasteiger partial charge in [0.15, 0.2) is 8.07 Å². The first-order valence-corrected chi connectivity index (χ1v) is 30.4. The summed E-state index contributed by atoms with van der Waals surface area (Å²) in [6, 6.07) is 68.0. The number of ether oxygens (including phenoxy) is 1. The fraction of sp³-hybridized carbons (Fsp3) is 0.213. The maximum absolute atomic E-state index is 9.39. The van der Waals surface area contributed by atoms with Gasteiger partial charge in [-0.1, -0.05) is 240 Å². The van der Waals surface area contributed by atoms with Gasteiger partial charge in [-0.15, -0.1) is 0 Å². The minimum atomic E-state index is -3.01. The van der Waals surface area contributed by atoms with Gasteiger partial charge in [0, 0.05) is 40.8 Å². The summed E-state index contributed by atoms with van der Waals surface area (Å²) in [6.45, 7) is 24.9. The van der Waals surface area contributed by atoms with Crippen LogP contribution in [-0.2, 0) is 16.2 Å². The fourth-order valence-electron chi connectivity index (χ4n) is 12.0. The molecule has 3 heterocycles. The summed E-state index contributed by atoms with van der Waals surface area (Å²) in [5.41, 5.74) is 12.4. The molecular weight excluding hydrogens is 1000 g/mol. The first kappa shape index (κ1) is 47.4. The van der Waals surface area contributed by atoms with Gasteiger partial charge in [-0.25, -0.2) is 4.98 Å². The van der Waals surface area contributed by atoms with Crippen molar-refractivity contribution < 1.29 is 11.6 Å². The van der Waals surface area contributed by atoms with E-state index in [1.807, 2.05) is 24.4 Å². The van der Waals surface area contributed by atoms with Crippen molar-refractivity contribution in [3.05, 3.63) is 253 Å². The molecule has 0 saturated carbocycles. The zero-order chi connectivity index (χ0) is 60.8. The Morgan fingerprint density at radius 1 is 0.481 bits per heavy atom. The standard InChI is InChI=1S/C75H74N4OSi/c1-51(2)53-44-58(77-50-78(66-35-22-21-34-65(66)77)72-63(52-26-15-12-16-27-52)32-25-33-64(72)54-42-56(74(6,7)8)46-57(43-54)75(9,10)11)48-60(45-53)80-59-38-39-70-68(49-59)79(71-47-55(40-41-76-71)73(3,4)5)67-36-23-24-37-69(67)81(70,61-28-17-13-18-29-61)62-30-19-14-20-31-62/h12-49,51H,50H2,1-11H3/i12D,15D,16D,26D,27D. The molecule has 0 aliphatic carbocycles. The lowest BCUT2D eigenvalue weighted by molar-refractivity contribution is 0.482. The summed E-state index contributed by atoms with van der Waals surface area (Å²) >= 11 is 0. The SMILES string of the molecule is [2H]c1c([2H])c([2H])c(-c2cccc(-c3cc(C(C)(C)C)cc(C(C)(C)C)c3)c2N2CN(c3cc(Oc4ccc5c(c4)N(c4cc(C(C)(C)C)ccn4)c4ccccc4[Si]5(c4ccccc4)c4ccccc4)cc(C(C)C)c3)c3ccccc32)c([2H])c1[2H]. The number of anilines is 7. The van der Waals surface area contributed by atoms with E-state index in [9.17, 15) is 2.74 Å². The summed E-state index contributed by atoms with van der Waals surface area (Å²) in [4.78, 5) is 12.1. The number of aromatic nitrogens is 1. The smallest absolute Gasteiger partial charge is 0.184 e. The topological polar surface area (TPSA) is 31.8 Å². The van der Waals surface area contributed by atoms with Gasteiger partial charge in [0.2, 0.25) is 0 Å². The van der Waals surface area contributed by atoms with Crippen LogP contribution in [0.25, 0.3) is 22.3 Å². The van der Waals surface area contributed by atoms with E-state index in [2.05, 4.69) is 267 Å². The Morgan fingerprint density at radius 3 is 1.67 bits per heavy atom. The van der Waals surface area contributed by atoms with Gasteiger partial charge in [-0.2, -0.15) is 0 Å². The molecule has 10 aromatic rings. The second-order valence-corrected chi connectivity index (χ2v) is 28.9. The minimum Gasteiger partial charge on any atom is -0.457 e. The number of fused-ring (bicyclic) bond motifs is 3. The average molecular weight is 1080 g/mol. The molecule has 2 aliphatic rings. The third-order valence-electron chi connectivity index (χ3n) is 16.3. The summed E-state index contributed by atoms with van der Waals surface area (Å²) in [5.74, 6) is 2.33. The van der Waals surface area contributed by atoms with Crippen LogP contribution in [-0.4, -0.2) is 19.7 Å². The van der Waals surface area contributed by atoms with Crippen LogP contribution in [0, 0.1) is 0 Å². The largest absolute Gasteiger partial charge is 0.457 e. The van der Waals surface area contributed by atoms with Gasteiger partial charge in [0.05, 0.1) is 29.6 Å². The van der Waals surface area contributed by atoms with E-state index < -0.39 is 14.1 Å². The zero-order valence-electron chi connectivity index (χ0n) is 53.5. The number of nitrogens with zero attached hydrogens (tertiary/aromatic N) is 4. The van der Waals surface area contributed by atoms with E-state index in [0.29, 0.717) is 23.7 Å². The van der Waals surface area contributed by atoms with Crippen LogP contribution in [0.2, 0.25) is 0 Å². The zero-order valence-corrected chi connectivity index (χ0v) is 49.5. The predicted molar refractivity (Wildman–Crippen MR) is 346 cm³/mol. The molecule has 6 heteroatoms. The molecule has 0 bridgehead atoms. The Hall–Kier alpha value is -8.45. The highest BCUT2D eigenvalue weighted by atomic mass is 28.3. The fourth-order valence-corrected chi connectivity index (χ4v) is 17.1. The summed E-state index contributed by atoms with van der Waals surface area (Å²) < 4.78 is 52.5. The molecule has 404 valence electrons. The van der Waals surface area contributed by atoms with Crippen LogP contribution < -0.4 is 40.2 Å². The maximum atomic E-state index is 9.39. The first-order valence-electron chi connectivity index (χ1n) is 30.9. The van der Waals surface area contributed by atoms with E-state index >= 15 is 0 Å². The lowest BCUT2D eigenvalue weighted by Crippen LogP contribution is -2.77. The van der Waals surface area contributed by atoms with Crippen molar-refractivity contribution in [3.63, 3.8) is 0 Å². The van der Waals surface area contributed by atoms with Crippen molar-refractivity contribution in [1.29, 1.82) is 0 Å². The third-order valence-corrected chi connectivity index (χ3v) is 21.2. The molecule has 0 spiro atoms. The summed E-state index contributed by atoms with van der Waals surface area (Å²) in [6.07, 6.45) is 1.94. The Balaban J connectivity index is 1.03. The molecule has 81 heavy (non-hydrogen) atoms. The van der Waals surface area contributed by atoms with Gasteiger partial charge in [-0.05, 0) is 125 Å². The second-order valence-electron chi connectivity index (χ2n) is 25.2. The number of hydrogen-bond acceptors (Lipinski definition) is 5. The highest BCUT2D eigenvalue weighted by Gasteiger charge is 2.49. The Morgan fingerprint density at radius 2 is 1.05 bits per heavy atom. The third kappa shape index (κ3) is 9.73. The summed E-state index contributed by atoms with van der Waals surface area (Å²) in [5, 5.41) is 5.09. The van der Waals surface area contributed by atoms with E-state index in [1.54, 1.807) is 0 Å². The monoisotopic (exact) mass is 1080 g/mol. The first-order chi connectivity index (χ1) is 40.9. The van der Waals surface area contributed by atoms with Crippen molar-refractivity contribution in [1.82, 2.24) is 4.98 Å². The molecule has 5 nitrogen and oxygen atoms in total. The number of benzene rings is 9. The summed E-state index contributed by atoms with van der Waals surface area (Å²) in [7, 11) is -3.01. The van der Waals surface area contributed by atoms with Crippen LogP contribution in [0.15, 0.2) is 231 Å². The van der Waals surface area contributed by atoms with Gasteiger partial charge in [0.25, 0.3) is 0 Å². The molecule has 0 fully saturated rings. The molecular formula is C75H74N4OSi. The molecule has 0 N–H and O–H groups in total. The Kier molecular flexibility index (Phi) is 12.0. The van der Waals surface area contributed by atoms with Crippen molar-refractivity contribution in [2.45, 2.75) is 98.3 Å². The molecule has 12 rings (SSSR count). The Bertz CT molecular complexity index is 4160. The van der Waals surface area contributed by atoms with Crippen LogP contribution in [0.5, 0.6) is 11.5 Å². The molecule has 2 aliphatic heterocycles. The number of para-hydroxylation sites is 4. The van der Waals surface area contributed by atoms with E-state index in [1.165, 1.54) is 37.4 Å². The van der Waals surface area contributed by atoms with E-state index in [4.69, 9.17) is 13.8 Å². The second kappa shape index (κ2) is 20.6. The number of hydrogen-bond donors (Lipinski definition) is 0. The molecule has 0 unspecified atom stereocenters. The normalized spacial score (nSPS) is 14.8. The van der Waals surface area contributed by atoms with Gasteiger partial charge < -0.3 is 14.5 Å². The molecule has 9 aromatic carbocycles. The molecule has 0 radical (unpaired) electrons. The molecule has 0 amide bonds. The number of pyridine rings is 1. The van der Waals surface area contributed by atoms with Gasteiger partial charge in [-0.3, -0.25) is 4.90 Å². The number of rotatable bonds is 10. The molecule has 1 aromatic heterocycles. The van der Waals surface area contributed by atoms with E-state index in [0.717, 1.165) is 56.6 Å². The van der Waals surface area contributed by atoms with Crippen molar-refractivity contribution in [2.75, 3.05) is 21.4 Å². The van der Waals surface area contributed by atoms with Gasteiger partial charge in [0.1, 0.15) is 24.0 Å². The highest BCUT2D eigenvalue weighted by Crippen LogP contribution is 2.52. The Labute approximate surface area is 489 Å². The lowest BCUT2D eigenvalue weighted by atomic mass is 9.78. The van der Waals surface area contributed by atoms with Crippen LogP contribution in [0.3, 0.4) is 0 Å². The van der Waals surface area contributed by atoms with Crippen molar-refractivity contribution >= 4 is 68.8 Å². The van der Waals surface area contributed by atoms with Crippen molar-refractivity contribution in [3.8, 4) is 33.8 Å². The molecule has 0 saturated heterocycles. The lowest BCUT2D eigenvalue weighted by Gasteiger charge is -2.44. The van der Waals surface area contributed by atoms with Crippen LogP contribution in [0.1, 0.15) is 111 Å².